The molecule has 1 fully saturated rings. The van der Waals surface area contributed by atoms with Gasteiger partial charge in [0.05, 0.1) is 34.9 Å². The number of nitriles is 1. The normalized spacial score (nSPS) is 14.9. The Hall–Kier alpha value is -3.24. The molecule has 1 aliphatic rings. The van der Waals surface area contributed by atoms with Crippen LogP contribution < -0.4 is 4.90 Å². The molecule has 3 aromatic rings. The maximum absolute atomic E-state index is 9.01. The van der Waals surface area contributed by atoms with Crippen molar-refractivity contribution in [1.82, 2.24) is 19.7 Å². The van der Waals surface area contributed by atoms with E-state index >= 15 is 0 Å². The summed E-state index contributed by atoms with van der Waals surface area (Å²) in [6, 6.07) is 11.6. The number of piperidine rings is 1. The molecule has 0 spiro atoms. The largest absolute Gasteiger partial charge is 0.381 e. The van der Waals surface area contributed by atoms with Gasteiger partial charge in [-0.3, -0.25) is 9.97 Å². The lowest BCUT2D eigenvalue weighted by atomic mass is 10.1. The van der Waals surface area contributed by atoms with Gasteiger partial charge in [0.2, 0.25) is 0 Å². The van der Waals surface area contributed by atoms with Crippen LogP contribution in [0.2, 0.25) is 0 Å². The van der Waals surface area contributed by atoms with Crippen LogP contribution in [-0.2, 0) is 4.74 Å². The van der Waals surface area contributed by atoms with Crippen LogP contribution in [0.3, 0.4) is 0 Å². The summed E-state index contributed by atoms with van der Waals surface area (Å²) in [5.74, 6) is 0.912. The molecule has 0 N–H and O–H groups in total. The third kappa shape index (κ3) is 3.52. The SMILES string of the molecule is COC1CCN(c2cc(-c3ccc(C#N)cn3)n(-c3cccnc3)n2)CC1. The summed E-state index contributed by atoms with van der Waals surface area (Å²) in [5.41, 5.74) is 3.05. The van der Waals surface area contributed by atoms with Crippen molar-refractivity contribution < 1.29 is 4.74 Å². The quantitative estimate of drug-likeness (QED) is 0.712. The van der Waals surface area contributed by atoms with Gasteiger partial charge in [-0.1, -0.05) is 0 Å². The molecule has 0 unspecified atom stereocenters. The fraction of sp³-hybridized carbons (Fsp3) is 0.300. The van der Waals surface area contributed by atoms with Crippen molar-refractivity contribution in [2.24, 2.45) is 0 Å². The lowest BCUT2D eigenvalue weighted by Gasteiger charge is -2.31. The molecule has 0 atom stereocenters. The van der Waals surface area contributed by atoms with E-state index in [0.717, 1.165) is 48.8 Å². The summed E-state index contributed by atoms with van der Waals surface area (Å²) in [5, 5.41) is 13.8. The molecule has 136 valence electrons. The van der Waals surface area contributed by atoms with Crippen molar-refractivity contribution in [2.45, 2.75) is 18.9 Å². The van der Waals surface area contributed by atoms with E-state index in [2.05, 4.69) is 27.0 Å². The molecule has 1 saturated heterocycles. The summed E-state index contributed by atoms with van der Waals surface area (Å²) in [6.45, 7) is 1.81. The highest BCUT2D eigenvalue weighted by molar-refractivity contribution is 5.63. The summed E-state index contributed by atoms with van der Waals surface area (Å²) in [6.07, 6.45) is 7.40. The molecule has 4 heterocycles. The zero-order valence-corrected chi connectivity index (χ0v) is 15.1. The lowest BCUT2D eigenvalue weighted by Crippen LogP contribution is -2.36. The van der Waals surface area contributed by atoms with Crippen molar-refractivity contribution in [3.8, 4) is 23.1 Å². The minimum atomic E-state index is 0.321. The zero-order chi connectivity index (χ0) is 18.6. The average Bonchev–Trinajstić information content (AvgIpc) is 3.20. The Morgan fingerprint density at radius 1 is 1.19 bits per heavy atom. The van der Waals surface area contributed by atoms with E-state index in [0.29, 0.717) is 11.7 Å². The molecule has 0 amide bonds. The van der Waals surface area contributed by atoms with Gasteiger partial charge in [-0.2, -0.15) is 5.26 Å². The number of pyridine rings is 2. The van der Waals surface area contributed by atoms with E-state index < -0.39 is 0 Å². The third-order valence-corrected chi connectivity index (χ3v) is 4.84. The average molecular weight is 360 g/mol. The Morgan fingerprint density at radius 3 is 2.67 bits per heavy atom. The van der Waals surface area contributed by atoms with Gasteiger partial charge in [0, 0.05) is 38.7 Å². The van der Waals surface area contributed by atoms with Crippen LogP contribution in [-0.4, -0.2) is 46.1 Å². The monoisotopic (exact) mass is 360 g/mol. The highest BCUT2D eigenvalue weighted by atomic mass is 16.5. The maximum atomic E-state index is 9.01. The van der Waals surface area contributed by atoms with Crippen molar-refractivity contribution >= 4 is 5.82 Å². The predicted molar refractivity (Wildman–Crippen MR) is 102 cm³/mol. The number of methoxy groups -OCH3 is 1. The van der Waals surface area contributed by atoms with Gasteiger partial charge in [-0.05, 0) is 37.1 Å². The number of hydrogen-bond donors (Lipinski definition) is 0. The first-order valence-electron chi connectivity index (χ1n) is 8.93. The molecular formula is C20H20N6O. The number of rotatable bonds is 4. The summed E-state index contributed by atoms with van der Waals surface area (Å²) in [7, 11) is 1.77. The molecule has 0 bridgehead atoms. The van der Waals surface area contributed by atoms with Crippen LogP contribution in [0.25, 0.3) is 17.1 Å². The van der Waals surface area contributed by atoms with Crippen LogP contribution in [0.1, 0.15) is 18.4 Å². The molecular weight excluding hydrogens is 340 g/mol. The van der Waals surface area contributed by atoms with Crippen molar-refractivity contribution in [2.75, 3.05) is 25.1 Å². The van der Waals surface area contributed by atoms with E-state index in [-0.39, 0.29) is 0 Å². The minimum absolute atomic E-state index is 0.321. The lowest BCUT2D eigenvalue weighted by molar-refractivity contribution is 0.0818. The number of anilines is 1. The number of aromatic nitrogens is 4. The summed E-state index contributed by atoms with van der Waals surface area (Å²) < 4.78 is 7.33. The Kier molecular flexibility index (Phi) is 4.81. The van der Waals surface area contributed by atoms with Gasteiger partial charge in [-0.25, -0.2) is 4.68 Å². The first-order chi connectivity index (χ1) is 13.3. The number of nitrogens with zero attached hydrogens (tertiary/aromatic N) is 6. The highest BCUT2D eigenvalue weighted by Crippen LogP contribution is 2.28. The molecule has 0 aromatic carbocycles. The van der Waals surface area contributed by atoms with Crippen LogP contribution in [0.4, 0.5) is 5.82 Å². The van der Waals surface area contributed by atoms with Gasteiger partial charge in [-0.15, -0.1) is 5.10 Å². The predicted octanol–water partition coefficient (Wildman–Crippen LogP) is 2.82. The number of hydrogen-bond acceptors (Lipinski definition) is 6. The topological polar surface area (TPSA) is 79.9 Å². The van der Waals surface area contributed by atoms with Gasteiger partial charge in [0.15, 0.2) is 5.82 Å². The van der Waals surface area contributed by atoms with E-state index in [1.807, 2.05) is 22.9 Å². The van der Waals surface area contributed by atoms with Crippen LogP contribution in [0, 0.1) is 11.3 Å². The Labute approximate surface area is 157 Å². The van der Waals surface area contributed by atoms with Crippen molar-refractivity contribution in [3.63, 3.8) is 0 Å². The summed E-state index contributed by atoms with van der Waals surface area (Å²) in [4.78, 5) is 10.9. The van der Waals surface area contributed by atoms with Gasteiger partial charge >= 0.3 is 0 Å². The first-order valence-corrected chi connectivity index (χ1v) is 8.93. The smallest absolute Gasteiger partial charge is 0.151 e. The molecule has 7 heteroatoms. The van der Waals surface area contributed by atoms with Crippen molar-refractivity contribution in [1.29, 1.82) is 5.26 Å². The van der Waals surface area contributed by atoms with Crippen LogP contribution >= 0.6 is 0 Å². The molecule has 1 aliphatic heterocycles. The Morgan fingerprint density at radius 2 is 2.04 bits per heavy atom. The highest BCUT2D eigenvalue weighted by Gasteiger charge is 2.22. The third-order valence-electron chi connectivity index (χ3n) is 4.84. The Balaban J connectivity index is 1.72. The van der Waals surface area contributed by atoms with Crippen LogP contribution in [0.5, 0.6) is 0 Å². The molecule has 3 aromatic heterocycles. The molecule has 7 nitrogen and oxygen atoms in total. The van der Waals surface area contributed by atoms with E-state index in [4.69, 9.17) is 15.1 Å². The second kappa shape index (κ2) is 7.56. The minimum Gasteiger partial charge on any atom is -0.381 e. The second-order valence-corrected chi connectivity index (χ2v) is 6.48. The molecule has 0 saturated carbocycles. The van der Waals surface area contributed by atoms with E-state index in [9.17, 15) is 0 Å². The molecule has 0 radical (unpaired) electrons. The van der Waals surface area contributed by atoms with Gasteiger partial charge in [0.25, 0.3) is 0 Å². The van der Waals surface area contributed by atoms with Crippen LogP contribution in [0.15, 0.2) is 48.9 Å². The van der Waals surface area contributed by atoms with E-state index in [1.54, 1.807) is 31.8 Å². The van der Waals surface area contributed by atoms with Gasteiger partial charge in [0.1, 0.15) is 6.07 Å². The van der Waals surface area contributed by atoms with Crippen molar-refractivity contribution in [3.05, 3.63) is 54.5 Å². The first kappa shape index (κ1) is 17.2. The fourth-order valence-electron chi connectivity index (χ4n) is 3.31. The second-order valence-electron chi connectivity index (χ2n) is 6.48. The molecule has 27 heavy (non-hydrogen) atoms. The molecule has 4 rings (SSSR count). The summed E-state index contributed by atoms with van der Waals surface area (Å²) >= 11 is 0. The van der Waals surface area contributed by atoms with E-state index in [1.165, 1.54) is 0 Å². The fourth-order valence-corrected chi connectivity index (χ4v) is 3.31. The van der Waals surface area contributed by atoms with Gasteiger partial charge < -0.3 is 9.64 Å². The maximum Gasteiger partial charge on any atom is 0.151 e. The number of ether oxygens (including phenoxy) is 1. The Bertz CT molecular complexity index is 937. The zero-order valence-electron chi connectivity index (χ0n) is 15.1. The molecule has 0 aliphatic carbocycles. The standard InChI is InChI=1S/C20H20N6O/c1-27-17-6-9-25(10-7-17)20-11-19(18-5-4-15(12-21)13-23-18)26(24-20)16-3-2-8-22-14-16/h2-5,8,11,13-14,17H,6-7,9-10H2,1H3.